The van der Waals surface area contributed by atoms with Crippen molar-refractivity contribution in [2.45, 2.75) is 27.7 Å². The minimum atomic E-state index is 0.211. The van der Waals surface area contributed by atoms with Gasteiger partial charge in [-0.15, -0.1) is 0 Å². The topological polar surface area (TPSA) is 17.1 Å². The minimum Gasteiger partial charge on any atom is -0.295 e. The molecule has 0 heterocycles. The van der Waals surface area contributed by atoms with E-state index in [4.69, 9.17) is 0 Å². The first-order chi connectivity index (χ1) is 5.54. The van der Waals surface area contributed by atoms with Crippen molar-refractivity contribution in [3.8, 4) is 0 Å². The van der Waals surface area contributed by atoms with Crippen LogP contribution in [0.1, 0.15) is 27.7 Å². The Labute approximate surface area is 74.9 Å². The van der Waals surface area contributed by atoms with Gasteiger partial charge in [-0.1, -0.05) is 33.8 Å². The monoisotopic (exact) mass is 166 g/mol. The lowest BCUT2D eigenvalue weighted by molar-refractivity contribution is -0.120. The third kappa shape index (κ3) is 1.60. The summed E-state index contributed by atoms with van der Waals surface area (Å²) < 4.78 is 0. The Bertz CT molecular complexity index is 203. The molecule has 0 saturated carbocycles. The molecule has 12 heavy (non-hydrogen) atoms. The fraction of sp³-hybridized carbons (Fsp3) is 0.727. The van der Waals surface area contributed by atoms with Gasteiger partial charge in [0.2, 0.25) is 0 Å². The summed E-state index contributed by atoms with van der Waals surface area (Å²) in [5.41, 5.74) is 0. The van der Waals surface area contributed by atoms with Crippen LogP contribution >= 0.6 is 0 Å². The lowest BCUT2D eigenvalue weighted by Crippen LogP contribution is -2.30. The zero-order chi connectivity index (χ0) is 9.30. The quantitative estimate of drug-likeness (QED) is 0.585. The van der Waals surface area contributed by atoms with E-state index in [0.717, 1.165) is 0 Å². The van der Waals surface area contributed by atoms with Gasteiger partial charge >= 0.3 is 0 Å². The number of ketones is 1. The van der Waals surface area contributed by atoms with Crippen molar-refractivity contribution in [3.05, 3.63) is 12.2 Å². The molecular weight excluding hydrogens is 148 g/mol. The average Bonchev–Trinajstić information content (AvgIpc) is 2.00. The van der Waals surface area contributed by atoms with Crippen LogP contribution in [-0.4, -0.2) is 5.78 Å². The molecule has 0 aliphatic heterocycles. The van der Waals surface area contributed by atoms with Gasteiger partial charge in [-0.05, 0) is 23.8 Å². The molecule has 0 N–H and O–H groups in total. The number of rotatable bonds is 1. The van der Waals surface area contributed by atoms with Gasteiger partial charge in [-0.25, -0.2) is 0 Å². The van der Waals surface area contributed by atoms with Crippen LogP contribution in [0, 0.1) is 23.7 Å². The molecule has 0 aromatic heterocycles. The highest BCUT2D eigenvalue weighted by Gasteiger charge is 2.30. The van der Waals surface area contributed by atoms with E-state index in [2.05, 4.69) is 26.8 Å². The first-order valence-electron chi connectivity index (χ1n) is 4.76. The molecule has 1 aliphatic rings. The Morgan fingerprint density at radius 2 is 1.92 bits per heavy atom. The second kappa shape index (κ2) is 3.42. The number of carbonyl (C=O) groups excluding carboxylic acids is 1. The summed E-state index contributed by atoms with van der Waals surface area (Å²) in [5.74, 6) is 2.23. The van der Waals surface area contributed by atoms with Crippen molar-refractivity contribution >= 4 is 5.78 Å². The fourth-order valence-electron chi connectivity index (χ4n) is 1.95. The highest BCUT2D eigenvalue weighted by molar-refractivity contribution is 5.92. The first kappa shape index (κ1) is 9.50. The summed E-state index contributed by atoms with van der Waals surface area (Å²) in [6.45, 7) is 8.64. The maximum absolute atomic E-state index is 11.3. The van der Waals surface area contributed by atoms with Gasteiger partial charge in [0.05, 0.1) is 0 Å². The minimum absolute atomic E-state index is 0.211. The number of allylic oxidation sites excluding steroid dienone is 2. The van der Waals surface area contributed by atoms with Gasteiger partial charge in [0.15, 0.2) is 5.78 Å². The molecule has 0 aromatic carbocycles. The van der Waals surface area contributed by atoms with E-state index in [1.165, 1.54) is 0 Å². The zero-order valence-electron chi connectivity index (χ0n) is 8.37. The van der Waals surface area contributed by atoms with Gasteiger partial charge in [0.25, 0.3) is 0 Å². The van der Waals surface area contributed by atoms with Crippen molar-refractivity contribution in [1.82, 2.24) is 0 Å². The molecule has 0 radical (unpaired) electrons. The second-order valence-electron chi connectivity index (χ2n) is 4.23. The van der Waals surface area contributed by atoms with E-state index in [0.29, 0.717) is 23.5 Å². The van der Waals surface area contributed by atoms with Crippen LogP contribution < -0.4 is 0 Å². The van der Waals surface area contributed by atoms with E-state index in [9.17, 15) is 4.79 Å². The number of carbonyl (C=O) groups is 1. The number of hydrogen-bond donors (Lipinski definition) is 0. The normalized spacial score (nSPS) is 36.1. The molecule has 1 unspecified atom stereocenters. The number of hydrogen-bond acceptors (Lipinski definition) is 1. The van der Waals surface area contributed by atoms with Crippen LogP contribution in [0.4, 0.5) is 0 Å². The van der Waals surface area contributed by atoms with Crippen LogP contribution in [0.3, 0.4) is 0 Å². The van der Waals surface area contributed by atoms with Crippen molar-refractivity contribution in [2.75, 3.05) is 0 Å². The van der Waals surface area contributed by atoms with Gasteiger partial charge < -0.3 is 0 Å². The van der Waals surface area contributed by atoms with Gasteiger partial charge in [0.1, 0.15) is 0 Å². The van der Waals surface area contributed by atoms with Gasteiger partial charge in [0, 0.05) is 5.92 Å². The molecule has 0 fully saturated rings. The summed E-state index contributed by atoms with van der Waals surface area (Å²) >= 11 is 0. The molecule has 3 atom stereocenters. The zero-order valence-corrected chi connectivity index (χ0v) is 8.37. The summed E-state index contributed by atoms with van der Waals surface area (Å²) in [4.78, 5) is 11.3. The maximum atomic E-state index is 11.3. The SMILES string of the molecule is CC(C)C1C=CC(=O)[C@H](C)[C@H]1C. The fourth-order valence-corrected chi connectivity index (χ4v) is 1.95. The summed E-state index contributed by atoms with van der Waals surface area (Å²) in [7, 11) is 0. The van der Waals surface area contributed by atoms with Gasteiger partial charge in [-0.2, -0.15) is 0 Å². The van der Waals surface area contributed by atoms with Crippen LogP contribution in [-0.2, 0) is 4.79 Å². The lowest BCUT2D eigenvalue weighted by Gasteiger charge is -2.31. The third-order valence-electron chi connectivity index (χ3n) is 3.10. The van der Waals surface area contributed by atoms with E-state index < -0.39 is 0 Å². The van der Waals surface area contributed by atoms with Crippen molar-refractivity contribution < 1.29 is 4.79 Å². The molecule has 0 aromatic rings. The van der Waals surface area contributed by atoms with Crippen LogP contribution in [0.15, 0.2) is 12.2 Å². The molecule has 0 bridgehead atoms. The standard InChI is InChI=1S/C11H18O/c1-7(2)10-5-6-11(12)9(4)8(10)3/h5-10H,1-4H3/t8-,9-,10?/m1/s1. The average molecular weight is 166 g/mol. The first-order valence-corrected chi connectivity index (χ1v) is 4.76. The summed E-state index contributed by atoms with van der Waals surface area (Å²) in [5, 5.41) is 0. The van der Waals surface area contributed by atoms with E-state index >= 15 is 0 Å². The Hall–Kier alpha value is -0.590. The van der Waals surface area contributed by atoms with Crippen LogP contribution in [0.25, 0.3) is 0 Å². The van der Waals surface area contributed by atoms with E-state index in [1.54, 1.807) is 6.08 Å². The lowest BCUT2D eigenvalue weighted by atomic mass is 9.73. The molecule has 1 nitrogen and oxygen atoms in total. The molecule has 0 saturated heterocycles. The smallest absolute Gasteiger partial charge is 0.158 e. The molecular formula is C11H18O. The third-order valence-corrected chi connectivity index (χ3v) is 3.10. The van der Waals surface area contributed by atoms with Gasteiger partial charge in [-0.3, -0.25) is 4.79 Å². The van der Waals surface area contributed by atoms with E-state index in [1.807, 2.05) is 6.92 Å². The predicted molar refractivity (Wildman–Crippen MR) is 50.8 cm³/mol. The Kier molecular flexibility index (Phi) is 2.71. The van der Waals surface area contributed by atoms with Crippen LogP contribution in [0.5, 0.6) is 0 Å². The second-order valence-corrected chi connectivity index (χ2v) is 4.23. The highest BCUT2D eigenvalue weighted by atomic mass is 16.1. The van der Waals surface area contributed by atoms with Crippen molar-refractivity contribution in [1.29, 1.82) is 0 Å². The van der Waals surface area contributed by atoms with Crippen molar-refractivity contribution in [3.63, 3.8) is 0 Å². The Morgan fingerprint density at radius 1 is 1.33 bits per heavy atom. The summed E-state index contributed by atoms with van der Waals surface area (Å²) in [6.07, 6.45) is 3.84. The largest absolute Gasteiger partial charge is 0.295 e. The molecule has 1 heteroatoms. The molecule has 0 amide bonds. The highest BCUT2D eigenvalue weighted by Crippen LogP contribution is 2.32. The maximum Gasteiger partial charge on any atom is 0.158 e. The van der Waals surface area contributed by atoms with E-state index in [-0.39, 0.29) is 5.92 Å². The summed E-state index contributed by atoms with van der Waals surface area (Å²) in [6, 6.07) is 0. The molecule has 68 valence electrons. The Balaban J connectivity index is 2.81. The van der Waals surface area contributed by atoms with Crippen LogP contribution in [0.2, 0.25) is 0 Å². The predicted octanol–water partition coefficient (Wildman–Crippen LogP) is 2.67. The van der Waals surface area contributed by atoms with Crippen molar-refractivity contribution in [2.24, 2.45) is 23.7 Å². The molecule has 0 spiro atoms. The molecule has 1 rings (SSSR count). The molecule has 1 aliphatic carbocycles. The Morgan fingerprint density at radius 3 is 2.42 bits per heavy atom.